The Hall–Kier alpha value is -0.570. The Morgan fingerprint density at radius 1 is 0.789 bits per heavy atom. The van der Waals surface area contributed by atoms with Gasteiger partial charge in [-0.05, 0) is 5.41 Å². The molecule has 0 rings (SSSR count). The second-order valence-corrected chi connectivity index (χ2v) is 5.33. The van der Waals surface area contributed by atoms with Crippen molar-refractivity contribution in [3.63, 3.8) is 0 Å². The molecule has 0 saturated carbocycles. The highest BCUT2D eigenvalue weighted by Gasteiger charge is 2.75. The minimum atomic E-state index is -6.50. The van der Waals surface area contributed by atoms with E-state index in [2.05, 4.69) is 0 Å². The van der Waals surface area contributed by atoms with Crippen LogP contribution in [0.25, 0.3) is 0 Å². The Labute approximate surface area is 105 Å². The lowest BCUT2D eigenvalue weighted by Crippen LogP contribution is -2.58. The molecule has 0 spiro atoms. The van der Waals surface area contributed by atoms with Crippen molar-refractivity contribution < 1.29 is 40.9 Å². The van der Waals surface area contributed by atoms with Gasteiger partial charge < -0.3 is 10.2 Å². The third-order valence-electron chi connectivity index (χ3n) is 2.64. The largest absolute Gasteiger partial charge is 0.459 e. The highest BCUT2D eigenvalue weighted by Crippen LogP contribution is 2.49. The van der Waals surface area contributed by atoms with E-state index in [0.29, 0.717) is 0 Å². The molecule has 0 aromatic rings. The minimum absolute atomic E-state index is 1.05. The first-order chi connectivity index (χ1) is 8.05. The first-order valence-electron chi connectivity index (χ1n) is 5.23. The van der Waals surface area contributed by atoms with Crippen LogP contribution < -0.4 is 0 Å². The first-order valence-corrected chi connectivity index (χ1v) is 5.23. The van der Waals surface area contributed by atoms with Crippen LogP contribution in [0.5, 0.6) is 0 Å². The Bertz CT molecular complexity index is 306. The van der Waals surface area contributed by atoms with E-state index < -0.39 is 42.1 Å². The highest BCUT2D eigenvalue weighted by atomic mass is 19.4. The molecule has 0 amide bonds. The Kier molecular flexibility index (Phi) is 4.93. The van der Waals surface area contributed by atoms with Gasteiger partial charge in [0.1, 0.15) is 6.10 Å². The SMILES string of the molecule is CC(C)(C)C(O)CC(O)C(F)(F)C(F)(F)C(F)(F)F. The lowest BCUT2D eigenvalue weighted by Gasteiger charge is -2.34. The molecule has 2 atom stereocenters. The molecule has 0 saturated heterocycles. The average Bonchev–Trinajstić information content (AvgIpc) is 2.13. The molecular weight excluding hydrogens is 285 g/mol. The summed E-state index contributed by atoms with van der Waals surface area (Å²) < 4.78 is 86.8. The van der Waals surface area contributed by atoms with Crippen LogP contribution in [0.4, 0.5) is 30.7 Å². The Balaban J connectivity index is 5.12. The summed E-state index contributed by atoms with van der Waals surface area (Å²) in [5, 5.41) is 18.3. The second-order valence-electron chi connectivity index (χ2n) is 5.33. The summed E-state index contributed by atoms with van der Waals surface area (Å²) in [6, 6.07) is 0. The summed E-state index contributed by atoms with van der Waals surface area (Å²) in [5.74, 6) is -12.1. The van der Waals surface area contributed by atoms with E-state index >= 15 is 0 Å². The lowest BCUT2D eigenvalue weighted by atomic mass is 9.84. The summed E-state index contributed by atoms with van der Waals surface area (Å²) >= 11 is 0. The maximum absolute atomic E-state index is 13.0. The zero-order valence-electron chi connectivity index (χ0n) is 10.4. The average molecular weight is 300 g/mol. The molecular formula is C10H15F7O2. The molecule has 2 N–H and O–H groups in total. The third-order valence-corrected chi connectivity index (χ3v) is 2.64. The number of halogens is 7. The quantitative estimate of drug-likeness (QED) is 0.784. The zero-order valence-corrected chi connectivity index (χ0v) is 10.4. The molecule has 19 heavy (non-hydrogen) atoms. The van der Waals surface area contributed by atoms with E-state index in [0.717, 1.165) is 0 Å². The maximum atomic E-state index is 13.0. The van der Waals surface area contributed by atoms with Gasteiger partial charge in [0.2, 0.25) is 0 Å². The Morgan fingerprint density at radius 2 is 1.16 bits per heavy atom. The molecule has 116 valence electrons. The van der Waals surface area contributed by atoms with Crippen LogP contribution in [-0.2, 0) is 0 Å². The van der Waals surface area contributed by atoms with E-state index in [9.17, 15) is 35.8 Å². The molecule has 0 aromatic carbocycles. The second kappa shape index (κ2) is 5.08. The number of rotatable bonds is 4. The summed E-state index contributed by atoms with van der Waals surface area (Å²) in [7, 11) is 0. The molecule has 0 aliphatic heterocycles. The van der Waals surface area contributed by atoms with Gasteiger partial charge >= 0.3 is 18.0 Å². The van der Waals surface area contributed by atoms with E-state index in [4.69, 9.17) is 5.11 Å². The van der Waals surface area contributed by atoms with Crippen molar-refractivity contribution in [2.24, 2.45) is 5.41 Å². The molecule has 0 radical (unpaired) electrons. The summed E-state index contributed by atoms with van der Waals surface area (Å²) in [5.41, 5.74) is -1.05. The van der Waals surface area contributed by atoms with Crippen molar-refractivity contribution >= 4 is 0 Å². The highest BCUT2D eigenvalue weighted by molar-refractivity contribution is 4.97. The predicted molar refractivity (Wildman–Crippen MR) is 52.0 cm³/mol. The topological polar surface area (TPSA) is 40.5 Å². The molecule has 0 aliphatic carbocycles. The molecule has 0 fully saturated rings. The number of aliphatic hydroxyl groups excluding tert-OH is 2. The van der Waals surface area contributed by atoms with Gasteiger partial charge in [0.25, 0.3) is 0 Å². The molecule has 9 heteroatoms. The van der Waals surface area contributed by atoms with Crippen LogP contribution in [0, 0.1) is 5.41 Å². The maximum Gasteiger partial charge on any atom is 0.459 e. The molecule has 2 unspecified atom stereocenters. The van der Waals surface area contributed by atoms with Crippen LogP contribution in [0.2, 0.25) is 0 Å². The molecule has 0 aromatic heterocycles. The van der Waals surface area contributed by atoms with Gasteiger partial charge in [-0.3, -0.25) is 0 Å². The summed E-state index contributed by atoms with van der Waals surface area (Å²) in [6.07, 6.45) is -12.8. The minimum Gasteiger partial charge on any atom is -0.392 e. The van der Waals surface area contributed by atoms with Crippen molar-refractivity contribution in [1.29, 1.82) is 0 Å². The molecule has 0 heterocycles. The lowest BCUT2D eigenvalue weighted by molar-refractivity contribution is -0.372. The van der Waals surface area contributed by atoms with Crippen molar-refractivity contribution in [3.05, 3.63) is 0 Å². The summed E-state index contributed by atoms with van der Waals surface area (Å²) in [6.45, 7) is 4.05. The molecule has 0 bridgehead atoms. The Morgan fingerprint density at radius 3 is 1.42 bits per heavy atom. The molecule has 0 aliphatic rings. The van der Waals surface area contributed by atoms with Crippen molar-refractivity contribution in [2.45, 2.75) is 57.4 Å². The van der Waals surface area contributed by atoms with Crippen LogP contribution in [0.1, 0.15) is 27.2 Å². The number of alkyl halides is 7. The van der Waals surface area contributed by atoms with Crippen LogP contribution in [0.3, 0.4) is 0 Å². The van der Waals surface area contributed by atoms with E-state index in [1.54, 1.807) is 0 Å². The number of aliphatic hydroxyl groups is 2. The van der Waals surface area contributed by atoms with Crippen LogP contribution in [0.15, 0.2) is 0 Å². The van der Waals surface area contributed by atoms with Gasteiger partial charge in [-0.25, -0.2) is 0 Å². The number of hydrogen-bond donors (Lipinski definition) is 2. The van der Waals surface area contributed by atoms with E-state index in [-0.39, 0.29) is 0 Å². The van der Waals surface area contributed by atoms with Gasteiger partial charge in [-0.15, -0.1) is 0 Å². The standard InChI is InChI=1S/C10H15F7O2/c1-7(2,3)5(18)4-6(19)8(11,12)9(13,14)10(15,16)17/h5-6,18-19H,4H2,1-3H3. The van der Waals surface area contributed by atoms with Gasteiger partial charge in [-0.2, -0.15) is 30.7 Å². The van der Waals surface area contributed by atoms with Crippen molar-refractivity contribution in [3.8, 4) is 0 Å². The summed E-state index contributed by atoms with van der Waals surface area (Å²) in [4.78, 5) is 0. The van der Waals surface area contributed by atoms with Crippen LogP contribution >= 0.6 is 0 Å². The zero-order chi connectivity index (χ0) is 15.9. The fourth-order valence-electron chi connectivity index (χ4n) is 1.11. The monoisotopic (exact) mass is 300 g/mol. The van der Waals surface area contributed by atoms with Gasteiger partial charge in [0.05, 0.1) is 6.10 Å². The molecule has 2 nitrogen and oxygen atoms in total. The van der Waals surface area contributed by atoms with Gasteiger partial charge in [0, 0.05) is 6.42 Å². The fraction of sp³-hybridized carbons (Fsp3) is 1.00. The third kappa shape index (κ3) is 3.71. The van der Waals surface area contributed by atoms with Crippen molar-refractivity contribution in [2.75, 3.05) is 0 Å². The van der Waals surface area contributed by atoms with Crippen molar-refractivity contribution in [1.82, 2.24) is 0 Å². The van der Waals surface area contributed by atoms with Crippen LogP contribution in [-0.4, -0.2) is 40.4 Å². The van der Waals surface area contributed by atoms with Gasteiger partial charge in [0.15, 0.2) is 0 Å². The van der Waals surface area contributed by atoms with E-state index in [1.807, 2.05) is 0 Å². The predicted octanol–water partition coefficient (Wildman–Crippen LogP) is 2.98. The normalized spacial score (nSPS) is 18.3. The smallest absolute Gasteiger partial charge is 0.392 e. The fourth-order valence-corrected chi connectivity index (χ4v) is 1.11. The number of hydrogen-bond acceptors (Lipinski definition) is 2. The first kappa shape index (κ1) is 18.4. The van der Waals surface area contributed by atoms with Gasteiger partial charge in [-0.1, -0.05) is 20.8 Å². The van der Waals surface area contributed by atoms with E-state index in [1.165, 1.54) is 20.8 Å².